The topological polar surface area (TPSA) is 68.7 Å². The molecule has 3 aromatic rings. The number of rotatable bonds is 7. The molecule has 1 aliphatic heterocycles. The lowest BCUT2D eigenvalue weighted by Crippen LogP contribution is -2.37. The summed E-state index contributed by atoms with van der Waals surface area (Å²) in [6.45, 7) is 5.66. The Hall–Kier alpha value is -2.16. The van der Waals surface area contributed by atoms with Crippen LogP contribution in [0.4, 0.5) is 0 Å². The molecule has 0 saturated carbocycles. The summed E-state index contributed by atoms with van der Waals surface area (Å²) in [6, 6.07) is 13.0. The summed E-state index contributed by atoms with van der Waals surface area (Å²) in [6.07, 6.45) is 1.54. The van der Waals surface area contributed by atoms with Crippen LogP contribution in [0, 0.1) is 0 Å². The van der Waals surface area contributed by atoms with Crippen molar-refractivity contribution in [1.29, 1.82) is 0 Å². The van der Waals surface area contributed by atoms with Gasteiger partial charge in [0.1, 0.15) is 0 Å². The highest BCUT2D eigenvalue weighted by molar-refractivity contribution is 7.89. The molecule has 1 aliphatic rings. The molecule has 8 heteroatoms. The molecule has 1 saturated heterocycles. The van der Waals surface area contributed by atoms with Crippen molar-refractivity contribution in [2.75, 3.05) is 26.3 Å². The third-order valence-electron chi connectivity index (χ3n) is 5.27. The Morgan fingerprint density at radius 3 is 2.43 bits per heavy atom. The van der Waals surface area contributed by atoms with E-state index in [2.05, 4.69) is 6.07 Å². The van der Waals surface area contributed by atoms with Gasteiger partial charge in [-0.1, -0.05) is 12.1 Å². The van der Waals surface area contributed by atoms with Gasteiger partial charge in [-0.2, -0.15) is 4.31 Å². The van der Waals surface area contributed by atoms with E-state index in [1.165, 1.54) is 4.70 Å². The van der Waals surface area contributed by atoms with Crippen molar-refractivity contribution in [2.24, 2.45) is 0 Å². The summed E-state index contributed by atoms with van der Waals surface area (Å²) in [5, 5.41) is 1.10. The van der Waals surface area contributed by atoms with Crippen LogP contribution in [0.2, 0.25) is 0 Å². The van der Waals surface area contributed by atoms with Gasteiger partial charge < -0.3 is 9.47 Å². The van der Waals surface area contributed by atoms with E-state index in [9.17, 15) is 8.42 Å². The van der Waals surface area contributed by atoms with E-state index in [4.69, 9.17) is 14.5 Å². The van der Waals surface area contributed by atoms with E-state index in [0.29, 0.717) is 43.7 Å². The molecule has 2 heterocycles. The first kappa shape index (κ1) is 21.1. The lowest BCUT2D eigenvalue weighted by Gasteiger charge is -2.30. The lowest BCUT2D eigenvalue weighted by molar-refractivity contribution is 0.286. The van der Waals surface area contributed by atoms with Gasteiger partial charge in [0.05, 0.1) is 33.3 Å². The standard InChI is InChI=1S/C22H26N2O4S2/c1-3-27-19-10-9-17(15-20(19)28-4-2)30(25,26)24-13-11-16(12-14-24)22-23-18-7-5-6-8-21(18)29-22/h5-10,15-16H,3-4,11-14H2,1-2H3. The molecule has 2 aromatic carbocycles. The van der Waals surface area contributed by atoms with Crippen molar-refractivity contribution in [3.8, 4) is 11.5 Å². The van der Waals surface area contributed by atoms with Crippen molar-refractivity contribution in [1.82, 2.24) is 9.29 Å². The SMILES string of the molecule is CCOc1ccc(S(=O)(=O)N2CCC(c3nc4ccccc4s3)CC2)cc1OCC. The number of para-hydroxylation sites is 1. The lowest BCUT2D eigenvalue weighted by atomic mass is 9.99. The molecule has 160 valence electrons. The van der Waals surface area contributed by atoms with Crippen LogP contribution in [0.1, 0.15) is 37.6 Å². The van der Waals surface area contributed by atoms with Crippen molar-refractivity contribution in [2.45, 2.75) is 37.5 Å². The van der Waals surface area contributed by atoms with Crippen LogP contribution < -0.4 is 9.47 Å². The molecule has 0 spiro atoms. The minimum atomic E-state index is -3.58. The molecule has 30 heavy (non-hydrogen) atoms. The first-order valence-corrected chi connectivity index (χ1v) is 12.5. The molecular weight excluding hydrogens is 420 g/mol. The normalized spacial score (nSPS) is 16.1. The second-order valence-electron chi connectivity index (χ2n) is 7.17. The first-order valence-electron chi connectivity index (χ1n) is 10.3. The third-order valence-corrected chi connectivity index (χ3v) is 8.36. The van der Waals surface area contributed by atoms with Gasteiger partial charge in [0.2, 0.25) is 10.0 Å². The highest BCUT2D eigenvalue weighted by Gasteiger charge is 2.31. The fraction of sp³-hybridized carbons (Fsp3) is 0.409. The van der Waals surface area contributed by atoms with Crippen LogP contribution in [-0.2, 0) is 10.0 Å². The molecule has 1 fully saturated rings. The van der Waals surface area contributed by atoms with Gasteiger partial charge in [-0.25, -0.2) is 13.4 Å². The summed E-state index contributed by atoms with van der Waals surface area (Å²) in [7, 11) is -3.58. The van der Waals surface area contributed by atoms with Gasteiger partial charge in [0.15, 0.2) is 11.5 Å². The first-order chi connectivity index (χ1) is 14.5. The van der Waals surface area contributed by atoms with Crippen LogP contribution >= 0.6 is 11.3 Å². The molecule has 0 amide bonds. The number of aromatic nitrogens is 1. The van der Waals surface area contributed by atoms with E-state index in [1.54, 1.807) is 33.8 Å². The second kappa shape index (κ2) is 8.91. The van der Waals surface area contributed by atoms with Gasteiger partial charge in [-0.3, -0.25) is 0 Å². The van der Waals surface area contributed by atoms with Gasteiger partial charge in [-0.15, -0.1) is 11.3 Å². The molecule has 6 nitrogen and oxygen atoms in total. The molecule has 0 unspecified atom stereocenters. The number of ether oxygens (including phenoxy) is 2. The molecule has 0 radical (unpaired) electrons. The van der Waals surface area contributed by atoms with Crippen LogP contribution in [0.25, 0.3) is 10.2 Å². The minimum Gasteiger partial charge on any atom is -0.490 e. The Kier molecular flexibility index (Phi) is 6.26. The second-order valence-corrected chi connectivity index (χ2v) is 10.2. The number of piperidine rings is 1. The zero-order chi connectivity index (χ0) is 21.1. The average molecular weight is 447 g/mol. The molecule has 1 aromatic heterocycles. The number of nitrogens with zero attached hydrogens (tertiary/aromatic N) is 2. The summed E-state index contributed by atoms with van der Waals surface area (Å²) >= 11 is 1.71. The maximum Gasteiger partial charge on any atom is 0.243 e. The van der Waals surface area contributed by atoms with E-state index in [1.807, 2.05) is 32.0 Å². The largest absolute Gasteiger partial charge is 0.490 e. The minimum absolute atomic E-state index is 0.243. The van der Waals surface area contributed by atoms with E-state index in [0.717, 1.165) is 23.4 Å². The Morgan fingerprint density at radius 2 is 1.73 bits per heavy atom. The molecule has 0 N–H and O–H groups in total. The van der Waals surface area contributed by atoms with E-state index < -0.39 is 10.0 Å². The third kappa shape index (κ3) is 4.17. The number of sulfonamides is 1. The van der Waals surface area contributed by atoms with E-state index >= 15 is 0 Å². The Bertz CT molecular complexity index is 1090. The number of hydrogen-bond donors (Lipinski definition) is 0. The highest BCUT2D eigenvalue weighted by atomic mass is 32.2. The quantitative estimate of drug-likeness (QED) is 0.528. The molecular formula is C22H26N2O4S2. The Balaban J connectivity index is 1.50. The van der Waals surface area contributed by atoms with Crippen molar-refractivity contribution in [3.05, 3.63) is 47.5 Å². The van der Waals surface area contributed by atoms with Gasteiger partial charge in [0, 0.05) is 25.1 Å². The van der Waals surface area contributed by atoms with Crippen LogP contribution in [0.5, 0.6) is 11.5 Å². The monoisotopic (exact) mass is 446 g/mol. The smallest absolute Gasteiger partial charge is 0.243 e. The number of fused-ring (bicyclic) bond motifs is 1. The maximum atomic E-state index is 13.2. The molecule has 4 rings (SSSR count). The van der Waals surface area contributed by atoms with Gasteiger partial charge >= 0.3 is 0 Å². The van der Waals surface area contributed by atoms with Crippen LogP contribution in [0.3, 0.4) is 0 Å². The highest BCUT2D eigenvalue weighted by Crippen LogP contribution is 2.36. The Morgan fingerprint density at radius 1 is 1.03 bits per heavy atom. The summed E-state index contributed by atoms with van der Waals surface area (Å²) in [5.41, 5.74) is 1.02. The summed E-state index contributed by atoms with van der Waals surface area (Å²) < 4.78 is 40.3. The maximum absolute atomic E-state index is 13.2. The predicted octanol–water partition coefficient (Wildman–Crippen LogP) is 4.66. The predicted molar refractivity (Wildman–Crippen MR) is 119 cm³/mol. The van der Waals surface area contributed by atoms with Crippen LogP contribution in [-0.4, -0.2) is 44.0 Å². The molecule has 0 aliphatic carbocycles. The summed E-state index contributed by atoms with van der Waals surface area (Å²) in [5.74, 6) is 1.32. The van der Waals surface area contributed by atoms with Gasteiger partial charge in [0.25, 0.3) is 0 Å². The molecule has 0 atom stereocenters. The summed E-state index contributed by atoms with van der Waals surface area (Å²) in [4.78, 5) is 5.00. The van der Waals surface area contributed by atoms with Crippen molar-refractivity contribution in [3.63, 3.8) is 0 Å². The fourth-order valence-corrected chi connectivity index (χ4v) is 6.37. The van der Waals surface area contributed by atoms with Crippen LogP contribution in [0.15, 0.2) is 47.4 Å². The fourth-order valence-electron chi connectivity index (χ4n) is 3.75. The average Bonchev–Trinajstić information content (AvgIpc) is 3.20. The number of thiazole rings is 1. The Labute approximate surface area is 181 Å². The van der Waals surface area contributed by atoms with Crippen molar-refractivity contribution < 1.29 is 17.9 Å². The number of hydrogen-bond acceptors (Lipinski definition) is 6. The zero-order valence-corrected chi connectivity index (χ0v) is 18.8. The van der Waals surface area contributed by atoms with E-state index in [-0.39, 0.29) is 4.90 Å². The van der Waals surface area contributed by atoms with Crippen molar-refractivity contribution >= 4 is 31.6 Å². The molecule has 0 bridgehead atoms. The zero-order valence-electron chi connectivity index (χ0n) is 17.2. The number of benzene rings is 2. The van der Waals surface area contributed by atoms with Gasteiger partial charge in [-0.05, 0) is 51.0 Å².